The van der Waals surface area contributed by atoms with Crippen LogP contribution in [0.1, 0.15) is 25.5 Å². The number of benzene rings is 1. The molecule has 1 saturated heterocycles. The normalized spacial score (nSPS) is 15.2. The highest BCUT2D eigenvalue weighted by atomic mass is 16.5. The van der Waals surface area contributed by atoms with Crippen LogP contribution < -0.4 is 14.4 Å². The Morgan fingerprint density at radius 3 is 2.54 bits per heavy atom. The molecule has 1 aromatic heterocycles. The zero-order valence-corrected chi connectivity index (χ0v) is 14.2. The molecule has 0 N–H and O–H groups in total. The van der Waals surface area contributed by atoms with Crippen LogP contribution >= 0.6 is 0 Å². The van der Waals surface area contributed by atoms with E-state index >= 15 is 0 Å². The van der Waals surface area contributed by atoms with Gasteiger partial charge in [0.25, 0.3) is 0 Å². The summed E-state index contributed by atoms with van der Waals surface area (Å²) < 4.78 is 16.5. The number of rotatable bonds is 4. The molecule has 0 saturated carbocycles. The van der Waals surface area contributed by atoms with Crippen LogP contribution in [0.25, 0.3) is 11.5 Å². The van der Waals surface area contributed by atoms with Crippen LogP contribution in [0.5, 0.6) is 11.5 Å². The molecule has 2 heterocycles. The Kier molecular flexibility index (Phi) is 4.61. The Hall–Kier alpha value is -2.68. The minimum atomic E-state index is 0.328. The number of piperidine rings is 1. The standard InChI is InChI=1S/C18H21N3O3/c1-12-6-8-21(9-7-12)18-14(11-19)20-17(24-18)13-4-5-15(22-2)16(10-13)23-3/h4-5,10,12H,6-9H2,1-3H3. The van der Waals surface area contributed by atoms with E-state index in [0.29, 0.717) is 34.9 Å². The SMILES string of the molecule is COc1ccc(-c2nc(C#N)c(N3CCC(C)CC3)o2)cc1OC. The zero-order chi connectivity index (χ0) is 17.1. The van der Waals surface area contributed by atoms with E-state index < -0.39 is 0 Å². The first-order valence-corrected chi connectivity index (χ1v) is 8.04. The summed E-state index contributed by atoms with van der Waals surface area (Å²) in [6.45, 7) is 4.02. The molecule has 0 bridgehead atoms. The third-order valence-corrected chi connectivity index (χ3v) is 4.42. The van der Waals surface area contributed by atoms with Crippen LogP contribution in [0.3, 0.4) is 0 Å². The molecule has 3 rings (SSSR count). The third kappa shape index (κ3) is 3.02. The van der Waals surface area contributed by atoms with E-state index in [1.807, 2.05) is 6.07 Å². The van der Waals surface area contributed by atoms with Crippen molar-refractivity contribution < 1.29 is 13.9 Å². The van der Waals surface area contributed by atoms with Gasteiger partial charge in [-0.3, -0.25) is 0 Å². The van der Waals surface area contributed by atoms with Crippen molar-refractivity contribution in [1.29, 1.82) is 5.26 Å². The second kappa shape index (κ2) is 6.83. The van der Waals surface area contributed by atoms with Crippen LogP contribution in [0, 0.1) is 17.2 Å². The number of nitriles is 1. The van der Waals surface area contributed by atoms with Crippen molar-refractivity contribution in [3.63, 3.8) is 0 Å². The number of ether oxygens (including phenoxy) is 2. The second-order valence-corrected chi connectivity index (χ2v) is 6.02. The number of hydrogen-bond donors (Lipinski definition) is 0. The third-order valence-electron chi connectivity index (χ3n) is 4.42. The van der Waals surface area contributed by atoms with Gasteiger partial charge in [-0.05, 0) is 37.0 Å². The molecule has 0 aliphatic carbocycles. The Morgan fingerprint density at radius 1 is 1.21 bits per heavy atom. The fourth-order valence-electron chi connectivity index (χ4n) is 2.90. The number of hydrogen-bond acceptors (Lipinski definition) is 6. The van der Waals surface area contributed by atoms with Crippen molar-refractivity contribution in [1.82, 2.24) is 4.98 Å². The predicted molar refractivity (Wildman–Crippen MR) is 90.4 cm³/mol. The lowest BCUT2D eigenvalue weighted by atomic mass is 9.99. The van der Waals surface area contributed by atoms with Crippen molar-refractivity contribution in [3.8, 4) is 29.0 Å². The van der Waals surface area contributed by atoms with Crippen LogP contribution in [0.4, 0.5) is 5.88 Å². The van der Waals surface area contributed by atoms with E-state index in [2.05, 4.69) is 22.9 Å². The van der Waals surface area contributed by atoms with Crippen LogP contribution in [0.15, 0.2) is 22.6 Å². The van der Waals surface area contributed by atoms with Crippen molar-refractivity contribution in [2.24, 2.45) is 5.92 Å². The molecule has 24 heavy (non-hydrogen) atoms. The first-order valence-electron chi connectivity index (χ1n) is 8.04. The van der Waals surface area contributed by atoms with Crippen molar-refractivity contribution in [2.75, 3.05) is 32.2 Å². The van der Waals surface area contributed by atoms with E-state index in [1.54, 1.807) is 26.4 Å². The van der Waals surface area contributed by atoms with Gasteiger partial charge < -0.3 is 18.8 Å². The van der Waals surface area contributed by atoms with Gasteiger partial charge in [-0.25, -0.2) is 0 Å². The lowest BCUT2D eigenvalue weighted by molar-refractivity contribution is 0.355. The minimum absolute atomic E-state index is 0.328. The lowest BCUT2D eigenvalue weighted by Gasteiger charge is -2.29. The molecule has 0 amide bonds. The average Bonchev–Trinajstić information content (AvgIpc) is 3.06. The monoisotopic (exact) mass is 327 g/mol. The molecular formula is C18H21N3O3. The summed E-state index contributed by atoms with van der Waals surface area (Å²) >= 11 is 0. The molecule has 1 aliphatic heterocycles. The van der Waals surface area contributed by atoms with E-state index in [0.717, 1.165) is 31.5 Å². The number of methoxy groups -OCH3 is 2. The Labute approximate surface area is 141 Å². The summed E-state index contributed by atoms with van der Waals surface area (Å²) in [6.07, 6.45) is 2.19. The van der Waals surface area contributed by atoms with Gasteiger partial charge in [-0.15, -0.1) is 0 Å². The first kappa shape index (κ1) is 16.2. The quantitative estimate of drug-likeness (QED) is 0.856. The van der Waals surface area contributed by atoms with Gasteiger partial charge in [-0.1, -0.05) is 6.92 Å². The maximum atomic E-state index is 9.40. The van der Waals surface area contributed by atoms with Crippen molar-refractivity contribution in [2.45, 2.75) is 19.8 Å². The maximum Gasteiger partial charge on any atom is 0.235 e. The largest absolute Gasteiger partial charge is 0.493 e. The molecule has 126 valence electrons. The van der Waals surface area contributed by atoms with Crippen LogP contribution in [-0.2, 0) is 0 Å². The van der Waals surface area contributed by atoms with E-state index in [4.69, 9.17) is 13.9 Å². The molecular weight excluding hydrogens is 306 g/mol. The summed E-state index contributed by atoms with van der Waals surface area (Å²) in [7, 11) is 3.17. The highest BCUT2D eigenvalue weighted by Crippen LogP contribution is 2.35. The van der Waals surface area contributed by atoms with Crippen molar-refractivity contribution in [3.05, 3.63) is 23.9 Å². The van der Waals surface area contributed by atoms with Gasteiger partial charge in [0, 0.05) is 18.7 Å². The number of anilines is 1. The van der Waals surface area contributed by atoms with Gasteiger partial charge in [0.15, 0.2) is 11.5 Å². The van der Waals surface area contributed by atoms with Gasteiger partial charge >= 0.3 is 0 Å². The van der Waals surface area contributed by atoms with Crippen LogP contribution in [-0.4, -0.2) is 32.3 Å². The summed E-state index contributed by atoms with van der Waals surface area (Å²) in [5.41, 5.74) is 1.08. The van der Waals surface area contributed by atoms with Gasteiger partial charge in [-0.2, -0.15) is 10.2 Å². The molecule has 0 radical (unpaired) electrons. The topological polar surface area (TPSA) is 71.5 Å². The van der Waals surface area contributed by atoms with Crippen LogP contribution in [0.2, 0.25) is 0 Å². The highest BCUT2D eigenvalue weighted by molar-refractivity contribution is 5.63. The molecule has 1 aromatic carbocycles. The van der Waals surface area contributed by atoms with E-state index in [1.165, 1.54) is 0 Å². The van der Waals surface area contributed by atoms with Gasteiger partial charge in [0.2, 0.25) is 17.5 Å². The number of oxazole rings is 1. The van der Waals surface area contributed by atoms with Crippen molar-refractivity contribution >= 4 is 5.88 Å². The fourth-order valence-corrected chi connectivity index (χ4v) is 2.90. The summed E-state index contributed by atoms with van der Waals surface area (Å²) in [4.78, 5) is 6.47. The molecule has 0 atom stereocenters. The molecule has 0 spiro atoms. The molecule has 2 aromatic rings. The molecule has 6 heteroatoms. The number of aromatic nitrogens is 1. The average molecular weight is 327 g/mol. The summed E-state index contributed by atoms with van der Waals surface area (Å²) in [5.74, 6) is 2.92. The Balaban J connectivity index is 1.94. The Bertz CT molecular complexity index is 755. The van der Waals surface area contributed by atoms with E-state index in [-0.39, 0.29) is 0 Å². The first-order chi connectivity index (χ1) is 11.7. The Morgan fingerprint density at radius 2 is 1.92 bits per heavy atom. The molecule has 0 unspecified atom stereocenters. The van der Waals surface area contributed by atoms with Gasteiger partial charge in [0.05, 0.1) is 14.2 Å². The molecule has 1 aliphatic rings. The fraction of sp³-hybridized carbons (Fsp3) is 0.444. The molecule has 1 fully saturated rings. The lowest BCUT2D eigenvalue weighted by Crippen LogP contribution is -2.32. The summed E-state index contributed by atoms with van der Waals surface area (Å²) in [6, 6.07) is 7.58. The molecule has 6 nitrogen and oxygen atoms in total. The zero-order valence-electron chi connectivity index (χ0n) is 14.2. The minimum Gasteiger partial charge on any atom is -0.493 e. The maximum absolute atomic E-state index is 9.40. The van der Waals surface area contributed by atoms with Gasteiger partial charge in [0.1, 0.15) is 6.07 Å². The highest BCUT2D eigenvalue weighted by Gasteiger charge is 2.24. The predicted octanol–water partition coefficient (Wildman–Crippen LogP) is 3.47. The smallest absolute Gasteiger partial charge is 0.235 e. The summed E-state index contributed by atoms with van der Waals surface area (Å²) in [5, 5.41) is 9.40. The second-order valence-electron chi connectivity index (χ2n) is 6.02. The number of nitrogens with zero attached hydrogens (tertiary/aromatic N) is 3. The van der Waals surface area contributed by atoms with E-state index in [9.17, 15) is 5.26 Å².